The minimum atomic E-state index is -0.796. The Labute approximate surface area is 171 Å². The normalized spacial score (nSPS) is 27.5. The topological polar surface area (TPSA) is 47.9 Å². The highest BCUT2D eigenvalue weighted by Crippen LogP contribution is 2.36. The van der Waals surface area contributed by atoms with Crippen LogP contribution in [0.15, 0.2) is 72.1 Å². The first kappa shape index (κ1) is 21.1. The molecule has 0 amide bonds. The highest BCUT2D eigenvalue weighted by molar-refractivity contribution is 7.99. The second kappa shape index (κ2) is 10.2. The van der Waals surface area contributed by atoms with Gasteiger partial charge in [-0.25, -0.2) is 0 Å². The Morgan fingerprint density at radius 2 is 1.79 bits per heavy atom. The molecule has 0 bridgehead atoms. The largest absolute Gasteiger partial charge is 0.387 e. The van der Waals surface area contributed by atoms with Crippen molar-refractivity contribution in [3.63, 3.8) is 0 Å². The Bertz CT molecular complexity index is 734. The van der Waals surface area contributed by atoms with Gasteiger partial charge in [-0.05, 0) is 31.5 Å². The molecule has 1 aliphatic heterocycles. The van der Waals surface area contributed by atoms with Crippen LogP contribution in [0.5, 0.6) is 0 Å². The summed E-state index contributed by atoms with van der Waals surface area (Å²) in [5, 5.41) is 11.0. The molecule has 0 aliphatic carbocycles. The van der Waals surface area contributed by atoms with Crippen LogP contribution in [0.1, 0.15) is 18.1 Å². The van der Waals surface area contributed by atoms with Gasteiger partial charge < -0.3 is 19.3 Å². The standard InChI is InChI=1S/C23H28O4S/c1-4-14-25-21-17(3)27-23(28-19-12-10-16(2)11-13-19)22(20(21)24)26-15-18-8-6-5-7-9-18/h4-13,17,20-24H,1,14-15H2,2-3H3/t17-,20+,21-,22+,23-/m0/s1. The van der Waals surface area contributed by atoms with Gasteiger partial charge >= 0.3 is 0 Å². The zero-order valence-electron chi connectivity index (χ0n) is 16.4. The molecular weight excluding hydrogens is 372 g/mol. The number of aliphatic hydroxyl groups excluding tert-OH is 1. The molecule has 2 aromatic rings. The van der Waals surface area contributed by atoms with Gasteiger partial charge in [0.15, 0.2) is 0 Å². The SMILES string of the molecule is C=CCO[C@@H]1[C@@H](O)[C@@H](OCc2ccccc2)[C@H](Sc2ccc(C)cc2)O[C@H]1C. The molecule has 1 N–H and O–H groups in total. The van der Waals surface area contributed by atoms with Gasteiger partial charge in [0.05, 0.1) is 19.3 Å². The monoisotopic (exact) mass is 400 g/mol. The summed E-state index contributed by atoms with van der Waals surface area (Å²) in [6.45, 7) is 8.43. The first-order valence-corrected chi connectivity index (χ1v) is 10.4. The summed E-state index contributed by atoms with van der Waals surface area (Å²) >= 11 is 1.57. The van der Waals surface area contributed by atoms with Crippen molar-refractivity contribution in [3.8, 4) is 0 Å². The summed E-state index contributed by atoms with van der Waals surface area (Å²) in [5.41, 5.74) is 1.92. The molecule has 0 spiro atoms. The van der Waals surface area contributed by atoms with E-state index in [4.69, 9.17) is 14.2 Å². The molecule has 1 aliphatic rings. The van der Waals surface area contributed by atoms with E-state index in [1.807, 2.05) is 37.3 Å². The van der Waals surface area contributed by atoms with Crippen molar-refractivity contribution in [2.24, 2.45) is 0 Å². The lowest BCUT2D eigenvalue weighted by molar-refractivity contribution is -0.221. The van der Waals surface area contributed by atoms with Crippen molar-refractivity contribution in [1.29, 1.82) is 0 Å². The molecule has 5 atom stereocenters. The van der Waals surface area contributed by atoms with Crippen molar-refractivity contribution in [2.75, 3.05) is 6.61 Å². The highest BCUT2D eigenvalue weighted by Gasteiger charge is 2.45. The van der Waals surface area contributed by atoms with Crippen molar-refractivity contribution >= 4 is 11.8 Å². The van der Waals surface area contributed by atoms with Crippen molar-refractivity contribution in [1.82, 2.24) is 0 Å². The first-order chi connectivity index (χ1) is 13.6. The second-order valence-corrected chi connectivity index (χ2v) is 8.15. The molecule has 0 radical (unpaired) electrons. The van der Waals surface area contributed by atoms with Crippen LogP contribution >= 0.6 is 11.8 Å². The molecule has 28 heavy (non-hydrogen) atoms. The fraction of sp³-hybridized carbons (Fsp3) is 0.391. The number of thioether (sulfide) groups is 1. The van der Waals surface area contributed by atoms with E-state index in [9.17, 15) is 5.11 Å². The zero-order chi connectivity index (χ0) is 19.9. The summed E-state index contributed by atoms with van der Waals surface area (Å²) in [7, 11) is 0. The number of aliphatic hydroxyl groups is 1. The van der Waals surface area contributed by atoms with Gasteiger partial charge in [0.25, 0.3) is 0 Å². The molecule has 0 saturated carbocycles. The van der Waals surface area contributed by atoms with Crippen LogP contribution in [0.3, 0.4) is 0 Å². The van der Waals surface area contributed by atoms with Crippen LogP contribution in [0, 0.1) is 6.92 Å². The molecular formula is C23H28O4S. The smallest absolute Gasteiger partial charge is 0.136 e. The molecule has 0 aromatic heterocycles. The predicted octanol–water partition coefficient (Wildman–Crippen LogP) is 4.35. The number of hydrogen-bond donors (Lipinski definition) is 1. The van der Waals surface area contributed by atoms with E-state index < -0.39 is 18.3 Å². The fourth-order valence-corrected chi connectivity index (χ4v) is 4.36. The molecule has 1 heterocycles. The van der Waals surface area contributed by atoms with Crippen molar-refractivity contribution in [3.05, 3.63) is 78.4 Å². The van der Waals surface area contributed by atoms with Gasteiger partial charge in [-0.15, -0.1) is 6.58 Å². The van der Waals surface area contributed by atoms with E-state index in [1.165, 1.54) is 5.56 Å². The summed E-state index contributed by atoms with van der Waals surface area (Å²) in [5.74, 6) is 0. The van der Waals surface area contributed by atoms with Crippen LogP contribution in [0.2, 0.25) is 0 Å². The van der Waals surface area contributed by atoms with Gasteiger partial charge in [0.1, 0.15) is 23.7 Å². The zero-order valence-corrected chi connectivity index (χ0v) is 17.2. The summed E-state index contributed by atoms with van der Waals surface area (Å²) in [4.78, 5) is 1.08. The minimum Gasteiger partial charge on any atom is -0.387 e. The van der Waals surface area contributed by atoms with E-state index in [0.29, 0.717) is 13.2 Å². The first-order valence-electron chi connectivity index (χ1n) is 9.53. The molecule has 0 unspecified atom stereocenters. The van der Waals surface area contributed by atoms with E-state index in [1.54, 1.807) is 17.8 Å². The molecule has 5 heteroatoms. The van der Waals surface area contributed by atoms with Crippen LogP contribution < -0.4 is 0 Å². The Kier molecular flexibility index (Phi) is 7.71. The average Bonchev–Trinajstić information content (AvgIpc) is 2.70. The van der Waals surface area contributed by atoms with Crippen molar-refractivity contribution in [2.45, 2.75) is 55.2 Å². The maximum absolute atomic E-state index is 11.0. The number of hydrogen-bond acceptors (Lipinski definition) is 5. The van der Waals surface area contributed by atoms with Crippen molar-refractivity contribution < 1.29 is 19.3 Å². The third-order valence-electron chi connectivity index (χ3n) is 4.72. The number of ether oxygens (including phenoxy) is 3. The minimum absolute atomic E-state index is 0.255. The molecule has 1 saturated heterocycles. The highest BCUT2D eigenvalue weighted by atomic mass is 32.2. The summed E-state index contributed by atoms with van der Waals surface area (Å²) in [6, 6.07) is 18.2. The van der Waals surface area contributed by atoms with E-state index in [2.05, 4.69) is 37.8 Å². The average molecular weight is 401 g/mol. The fourth-order valence-electron chi connectivity index (χ4n) is 3.19. The number of benzene rings is 2. The number of rotatable bonds is 8. The van der Waals surface area contributed by atoms with Gasteiger partial charge in [-0.2, -0.15) is 0 Å². The van der Waals surface area contributed by atoms with Crippen LogP contribution in [-0.4, -0.2) is 41.6 Å². The summed E-state index contributed by atoms with van der Waals surface area (Å²) < 4.78 is 18.1. The van der Waals surface area contributed by atoms with Crippen LogP contribution in [0.4, 0.5) is 0 Å². The lowest BCUT2D eigenvalue weighted by Crippen LogP contribution is -2.57. The molecule has 2 aromatic carbocycles. The molecule has 150 valence electrons. The predicted molar refractivity (Wildman–Crippen MR) is 112 cm³/mol. The molecule has 3 rings (SSSR count). The van der Waals surface area contributed by atoms with E-state index >= 15 is 0 Å². The Morgan fingerprint density at radius 3 is 2.46 bits per heavy atom. The number of aryl methyl sites for hydroxylation is 1. The Morgan fingerprint density at radius 1 is 1.07 bits per heavy atom. The Balaban J connectivity index is 1.75. The Hall–Kier alpha value is -1.63. The third-order valence-corrected chi connectivity index (χ3v) is 5.87. The lowest BCUT2D eigenvalue weighted by Gasteiger charge is -2.43. The third kappa shape index (κ3) is 5.46. The van der Waals surface area contributed by atoms with E-state index in [0.717, 1.165) is 10.5 Å². The summed E-state index contributed by atoms with van der Waals surface area (Å²) in [6.07, 6.45) is -0.358. The van der Waals surface area contributed by atoms with Gasteiger partial charge in [-0.3, -0.25) is 0 Å². The second-order valence-electron chi connectivity index (χ2n) is 6.98. The van der Waals surface area contributed by atoms with Crippen LogP contribution in [0.25, 0.3) is 0 Å². The van der Waals surface area contributed by atoms with Crippen LogP contribution in [-0.2, 0) is 20.8 Å². The van der Waals surface area contributed by atoms with E-state index in [-0.39, 0.29) is 11.5 Å². The molecule has 1 fully saturated rings. The van der Waals surface area contributed by atoms with Gasteiger partial charge in [0, 0.05) is 4.90 Å². The quantitative estimate of drug-likeness (QED) is 0.668. The molecule has 4 nitrogen and oxygen atoms in total. The maximum Gasteiger partial charge on any atom is 0.136 e. The maximum atomic E-state index is 11.0. The van der Waals surface area contributed by atoms with Gasteiger partial charge in [0.2, 0.25) is 0 Å². The lowest BCUT2D eigenvalue weighted by atomic mass is 10.0. The van der Waals surface area contributed by atoms with Gasteiger partial charge in [-0.1, -0.05) is 65.9 Å².